The topological polar surface area (TPSA) is 93.4 Å². The largest absolute Gasteiger partial charge is 0.405 e. The van der Waals surface area contributed by atoms with Gasteiger partial charge in [0.2, 0.25) is 5.91 Å². The molecule has 1 aromatic carbocycles. The van der Waals surface area contributed by atoms with Gasteiger partial charge in [-0.15, -0.1) is 0 Å². The van der Waals surface area contributed by atoms with Crippen LogP contribution in [0.2, 0.25) is 0 Å². The van der Waals surface area contributed by atoms with E-state index in [-0.39, 0.29) is 5.92 Å². The summed E-state index contributed by atoms with van der Waals surface area (Å²) >= 11 is 1.70. The van der Waals surface area contributed by atoms with Crippen molar-refractivity contribution in [3.8, 4) is 0 Å². The SMILES string of the molecule is CC.CSc1nc2cc(C)ccc2n1C1CCN(C(=O)C2CCN(CC(/C=C\N)=C/N)CC2)CC1. The number of nitrogens with two attached hydrogens (primary N) is 2. The second-order valence-corrected chi connectivity index (χ2v) is 9.94. The van der Waals surface area contributed by atoms with Crippen LogP contribution in [0.1, 0.15) is 51.1 Å². The predicted molar refractivity (Wildman–Crippen MR) is 147 cm³/mol. The Balaban J connectivity index is 0.00000167. The van der Waals surface area contributed by atoms with Gasteiger partial charge in [-0.3, -0.25) is 9.69 Å². The van der Waals surface area contributed by atoms with Crippen LogP contribution < -0.4 is 11.5 Å². The number of carbonyl (C=O) groups is 1. The van der Waals surface area contributed by atoms with Crippen LogP contribution in [0, 0.1) is 12.8 Å². The van der Waals surface area contributed by atoms with Gasteiger partial charge >= 0.3 is 0 Å². The fourth-order valence-corrected chi connectivity index (χ4v) is 5.80. The van der Waals surface area contributed by atoms with Gasteiger partial charge in [-0.25, -0.2) is 4.98 Å². The summed E-state index contributed by atoms with van der Waals surface area (Å²) in [5, 5.41) is 1.07. The van der Waals surface area contributed by atoms with E-state index in [2.05, 4.69) is 45.7 Å². The minimum Gasteiger partial charge on any atom is -0.405 e. The molecule has 0 atom stereocenters. The summed E-state index contributed by atoms with van der Waals surface area (Å²) in [5.41, 5.74) is 15.7. The number of amides is 1. The van der Waals surface area contributed by atoms with E-state index in [9.17, 15) is 4.79 Å². The van der Waals surface area contributed by atoms with Gasteiger partial charge in [0, 0.05) is 31.6 Å². The molecular formula is C27H42N6OS. The zero-order valence-corrected chi connectivity index (χ0v) is 22.6. The number of likely N-dealkylation sites (tertiary alicyclic amines) is 2. The minimum atomic E-state index is 0.131. The van der Waals surface area contributed by atoms with Crippen molar-refractivity contribution in [1.82, 2.24) is 19.4 Å². The highest BCUT2D eigenvalue weighted by molar-refractivity contribution is 7.98. The molecule has 4 N–H and O–H groups in total. The van der Waals surface area contributed by atoms with Gasteiger partial charge in [0.05, 0.1) is 11.0 Å². The van der Waals surface area contributed by atoms with E-state index in [1.165, 1.54) is 17.3 Å². The second kappa shape index (κ2) is 13.0. The van der Waals surface area contributed by atoms with Crippen molar-refractivity contribution in [2.24, 2.45) is 17.4 Å². The van der Waals surface area contributed by atoms with Crippen molar-refractivity contribution in [3.05, 3.63) is 47.8 Å². The van der Waals surface area contributed by atoms with Crippen LogP contribution in [0.15, 0.2) is 47.4 Å². The second-order valence-electron chi connectivity index (χ2n) is 9.17. The van der Waals surface area contributed by atoms with Crippen LogP contribution in [-0.4, -0.2) is 64.2 Å². The van der Waals surface area contributed by atoms with Crippen LogP contribution in [0.4, 0.5) is 0 Å². The molecule has 0 spiro atoms. The lowest BCUT2D eigenvalue weighted by Crippen LogP contribution is -2.46. The van der Waals surface area contributed by atoms with Crippen LogP contribution in [0.25, 0.3) is 11.0 Å². The van der Waals surface area contributed by atoms with E-state index in [1.807, 2.05) is 19.9 Å². The smallest absolute Gasteiger partial charge is 0.225 e. The first-order valence-electron chi connectivity index (χ1n) is 12.9. The third-order valence-corrected chi connectivity index (χ3v) is 7.66. The maximum Gasteiger partial charge on any atom is 0.225 e. The summed E-state index contributed by atoms with van der Waals surface area (Å²) < 4.78 is 2.40. The van der Waals surface area contributed by atoms with E-state index >= 15 is 0 Å². The number of fused-ring (bicyclic) bond motifs is 1. The summed E-state index contributed by atoms with van der Waals surface area (Å²) in [4.78, 5) is 22.5. The maximum absolute atomic E-state index is 13.2. The molecular weight excluding hydrogens is 456 g/mol. The molecule has 0 bridgehead atoms. The quantitative estimate of drug-likeness (QED) is 0.456. The van der Waals surface area contributed by atoms with Crippen molar-refractivity contribution < 1.29 is 4.79 Å². The average molecular weight is 499 g/mol. The molecule has 2 aromatic rings. The van der Waals surface area contributed by atoms with Gasteiger partial charge in [0.15, 0.2) is 5.16 Å². The fraction of sp³-hybridized carbons (Fsp3) is 0.556. The average Bonchev–Trinajstić information content (AvgIpc) is 3.27. The first kappa shape index (κ1) is 27.1. The highest BCUT2D eigenvalue weighted by Gasteiger charge is 2.32. The first-order valence-corrected chi connectivity index (χ1v) is 14.1. The zero-order chi connectivity index (χ0) is 25.4. The van der Waals surface area contributed by atoms with Crippen molar-refractivity contribution >= 4 is 28.7 Å². The Kier molecular flexibility index (Phi) is 10.1. The standard InChI is InChI=1S/C25H36N6OS.C2H6/c1-18-3-4-23-22(15-18)28-25(33-2)31(23)21-8-13-30(14-9-21)24(32)20-6-11-29(12-7-20)17-19(16-27)5-10-26;1-2/h3-5,10,15-16,20-21H,6-9,11-14,17,26-27H2,1-2H3;1-2H3/b10-5-,19-16+;. The van der Waals surface area contributed by atoms with Gasteiger partial charge in [-0.05, 0) is 93.7 Å². The molecule has 3 heterocycles. The summed E-state index contributed by atoms with van der Waals surface area (Å²) in [6.07, 6.45) is 10.8. The monoisotopic (exact) mass is 498 g/mol. The molecule has 2 saturated heterocycles. The van der Waals surface area contributed by atoms with E-state index in [4.69, 9.17) is 16.5 Å². The number of aryl methyl sites for hydroxylation is 1. The number of benzene rings is 1. The van der Waals surface area contributed by atoms with Crippen LogP contribution >= 0.6 is 11.8 Å². The molecule has 2 fully saturated rings. The van der Waals surface area contributed by atoms with Gasteiger partial charge in [0.25, 0.3) is 0 Å². The van der Waals surface area contributed by atoms with Crippen molar-refractivity contribution in [2.45, 2.75) is 57.7 Å². The van der Waals surface area contributed by atoms with Crippen LogP contribution in [0.3, 0.4) is 0 Å². The van der Waals surface area contributed by atoms with E-state index in [0.29, 0.717) is 11.9 Å². The molecule has 1 aromatic heterocycles. The zero-order valence-electron chi connectivity index (χ0n) is 21.7. The number of aromatic nitrogens is 2. The summed E-state index contributed by atoms with van der Waals surface area (Å²) in [6, 6.07) is 6.91. The summed E-state index contributed by atoms with van der Waals surface area (Å²) in [7, 11) is 0. The summed E-state index contributed by atoms with van der Waals surface area (Å²) in [5.74, 6) is 0.465. The number of rotatable bonds is 6. The number of imidazole rings is 1. The van der Waals surface area contributed by atoms with Crippen molar-refractivity contribution in [2.75, 3.05) is 39.0 Å². The Labute approximate surface area is 214 Å². The van der Waals surface area contributed by atoms with Crippen LogP contribution in [0.5, 0.6) is 0 Å². The molecule has 0 unspecified atom stereocenters. The third-order valence-electron chi connectivity index (χ3n) is 7.00. The number of hydrogen-bond acceptors (Lipinski definition) is 6. The number of thioether (sulfide) groups is 1. The normalized spacial score (nSPS) is 18.7. The number of carbonyl (C=O) groups excluding carboxylic acids is 1. The number of piperidine rings is 2. The van der Waals surface area contributed by atoms with Gasteiger partial charge in [0.1, 0.15) is 0 Å². The molecule has 7 nitrogen and oxygen atoms in total. The lowest BCUT2D eigenvalue weighted by Gasteiger charge is -2.38. The van der Waals surface area contributed by atoms with E-state index in [1.54, 1.807) is 18.0 Å². The van der Waals surface area contributed by atoms with Crippen molar-refractivity contribution in [1.29, 1.82) is 0 Å². The molecule has 0 saturated carbocycles. The summed E-state index contributed by atoms with van der Waals surface area (Å²) in [6.45, 7) is 10.4. The molecule has 192 valence electrons. The van der Waals surface area contributed by atoms with Gasteiger partial charge in [-0.1, -0.05) is 31.7 Å². The molecule has 2 aliphatic rings. The molecule has 0 aliphatic carbocycles. The molecule has 4 rings (SSSR count). The Morgan fingerprint density at radius 3 is 2.40 bits per heavy atom. The van der Waals surface area contributed by atoms with Gasteiger partial charge in [-0.2, -0.15) is 0 Å². The van der Waals surface area contributed by atoms with Crippen molar-refractivity contribution in [3.63, 3.8) is 0 Å². The highest BCUT2D eigenvalue weighted by Crippen LogP contribution is 2.33. The number of nitrogens with zero attached hydrogens (tertiary/aromatic N) is 4. The van der Waals surface area contributed by atoms with Crippen LogP contribution in [-0.2, 0) is 4.79 Å². The third kappa shape index (κ3) is 6.41. The molecule has 1 amide bonds. The number of hydrogen-bond donors (Lipinski definition) is 2. The molecule has 2 aliphatic heterocycles. The van der Waals surface area contributed by atoms with Gasteiger partial charge < -0.3 is 20.9 Å². The highest BCUT2D eigenvalue weighted by atomic mass is 32.2. The fourth-order valence-electron chi connectivity index (χ4n) is 5.17. The first-order chi connectivity index (χ1) is 17.0. The predicted octanol–water partition coefficient (Wildman–Crippen LogP) is 4.28. The molecule has 8 heteroatoms. The maximum atomic E-state index is 13.2. The molecule has 35 heavy (non-hydrogen) atoms. The molecule has 0 radical (unpaired) electrons. The Bertz CT molecular complexity index is 1030. The van der Waals surface area contributed by atoms with E-state index in [0.717, 1.165) is 74.7 Å². The van der Waals surface area contributed by atoms with E-state index < -0.39 is 0 Å². The Morgan fingerprint density at radius 2 is 1.80 bits per heavy atom. The lowest BCUT2D eigenvalue weighted by molar-refractivity contribution is -0.138. The Morgan fingerprint density at radius 1 is 1.11 bits per heavy atom. The Hall–Kier alpha value is -2.45. The lowest BCUT2D eigenvalue weighted by atomic mass is 9.93. The minimum absolute atomic E-state index is 0.131.